The first-order valence-electron chi connectivity index (χ1n) is 6.95. The van der Waals surface area contributed by atoms with E-state index in [9.17, 15) is 9.59 Å². The molecule has 0 heterocycles. The van der Waals surface area contributed by atoms with E-state index in [0.29, 0.717) is 12.8 Å². The van der Waals surface area contributed by atoms with E-state index in [1.165, 1.54) is 7.11 Å². The predicted molar refractivity (Wildman–Crippen MR) is 78.9 cm³/mol. The van der Waals surface area contributed by atoms with Gasteiger partial charge in [0, 0.05) is 0 Å². The van der Waals surface area contributed by atoms with Gasteiger partial charge in [-0.05, 0) is 18.8 Å². The molecule has 0 radical (unpaired) electrons. The van der Waals surface area contributed by atoms with Gasteiger partial charge in [0.15, 0.2) is 0 Å². The van der Waals surface area contributed by atoms with Crippen LogP contribution in [-0.4, -0.2) is 37.1 Å². The summed E-state index contributed by atoms with van der Waals surface area (Å²) >= 11 is 0. The Balaban J connectivity index is 4.55. The van der Waals surface area contributed by atoms with Crippen LogP contribution in [0.3, 0.4) is 0 Å². The number of hydrogen-bond donors (Lipinski definition) is 2. The fourth-order valence-corrected chi connectivity index (χ4v) is 1.90. The lowest BCUT2D eigenvalue weighted by molar-refractivity contribution is -0.144. The van der Waals surface area contributed by atoms with Gasteiger partial charge < -0.3 is 10.1 Å². The quantitative estimate of drug-likeness (QED) is 0.516. The molecular weight excluding hydrogens is 256 g/mol. The van der Waals surface area contributed by atoms with Crippen molar-refractivity contribution in [3.63, 3.8) is 0 Å². The van der Waals surface area contributed by atoms with Crippen molar-refractivity contribution in [2.75, 3.05) is 13.7 Å². The maximum absolute atomic E-state index is 12.0. The van der Waals surface area contributed by atoms with Crippen LogP contribution in [0.1, 0.15) is 40.5 Å². The Bertz CT molecular complexity index is 368. The Labute approximate surface area is 121 Å². The standard InChI is InChI=1S/C15H26N2O3/c1-7-15(8-2,9-3)17-12(18)10-16-13(11(4)5)14(19)20-6/h1,11,13,16H,8-10H2,2-6H3,(H,17,18). The lowest BCUT2D eigenvalue weighted by Gasteiger charge is -2.28. The highest BCUT2D eigenvalue weighted by atomic mass is 16.5. The second-order valence-electron chi connectivity index (χ2n) is 5.11. The number of hydrogen-bond acceptors (Lipinski definition) is 4. The van der Waals surface area contributed by atoms with Gasteiger partial charge >= 0.3 is 5.97 Å². The van der Waals surface area contributed by atoms with Gasteiger partial charge in [0.25, 0.3) is 0 Å². The van der Waals surface area contributed by atoms with Crippen molar-refractivity contribution in [1.29, 1.82) is 0 Å². The first-order valence-corrected chi connectivity index (χ1v) is 6.95. The van der Waals surface area contributed by atoms with Crippen molar-refractivity contribution in [3.05, 3.63) is 0 Å². The fourth-order valence-electron chi connectivity index (χ4n) is 1.90. The average Bonchev–Trinajstić information content (AvgIpc) is 2.44. The van der Waals surface area contributed by atoms with E-state index in [1.54, 1.807) is 0 Å². The molecule has 114 valence electrons. The third-order valence-corrected chi connectivity index (χ3v) is 3.47. The van der Waals surface area contributed by atoms with Gasteiger partial charge in [-0.15, -0.1) is 6.42 Å². The van der Waals surface area contributed by atoms with E-state index in [4.69, 9.17) is 11.2 Å². The Morgan fingerprint density at radius 1 is 1.30 bits per heavy atom. The molecular formula is C15H26N2O3. The van der Waals surface area contributed by atoms with Crippen molar-refractivity contribution >= 4 is 11.9 Å². The molecule has 0 fully saturated rings. The zero-order valence-corrected chi connectivity index (χ0v) is 13.1. The summed E-state index contributed by atoms with van der Waals surface area (Å²) in [5.41, 5.74) is -0.614. The minimum Gasteiger partial charge on any atom is -0.468 e. The van der Waals surface area contributed by atoms with Crippen molar-refractivity contribution in [1.82, 2.24) is 10.6 Å². The molecule has 0 rings (SSSR count). The number of ether oxygens (including phenoxy) is 1. The van der Waals surface area contributed by atoms with Crippen LogP contribution >= 0.6 is 0 Å². The first kappa shape index (κ1) is 18.5. The Kier molecular flexibility index (Phi) is 7.93. The molecule has 0 saturated heterocycles. The number of nitrogens with one attached hydrogen (secondary N) is 2. The topological polar surface area (TPSA) is 67.4 Å². The summed E-state index contributed by atoms with van der Waals surface area (Å²) in [5.74, 6) is 2.08. The van der Waals surface area contributed by atoms with Crippen LogP contribution in [0.25, 0.3) is 0 Å². The zero-order chi connectivity index (χ0) is 15.8. The van der Waals surface area contributed by atoms with Crippen molar-refractivity contribution < 1.29 is 14.3 Å². The smallest absolute Gasteiger partial charge is 0.323 e. The number of rotatable bonds is 8. The molecule has 2 N–H and O–H groups in total. The van der Waals surface area contributed by atoms with E-state index in [2.05, 4.69) is 16.6 Å². The Morgan fingerprint density at radius 2 is 1.85 bits per heavy atom. The average molecular weight is 282 g/mol. The number of methoxy groups -OCH3 is 1. The lowest BCUT2D eigenvalue weighted by Crippen LogP contribution is -2.52. The van der Waals surface area contributed by atoms with E-state index in [0.717, 1.165) is 0 Å². The van der Waals surface area contributed by atoms with Crippen LogP contribution in [0.2, 0.25) is 0 Å². The normalized spacial score (nSPS) is 12.7. The van der Waals surface area contributed by atoms with E-state index >= 15 is 0 Å². The molecule has 5 nitrogen and oxygen atoms in total. The number of carbonyl (C=O) groups is 2. The van der Waals surface area contributed by atoms with Crippen LogP contribution in [0.15, 0.2) is 0 Å². The highest BCUT2D eigenvalue weighted by Crippen LogP contribution is 2.13. The monoisotopic (exact) mass is 282 g/mol. The maximum atomic E-state index is 12.0. The predicted octanol–water partition coefficient (Wildman–Crippen LogP) is 1.08. The van der Waals surface area contributed by atoms with Gasteiger partial charge in [0.1, 0.15) is 11.6 Å². The number of esters is 1. The highest BCUT2D eigenvalue weighted by Gasteiger charge is 2.27. The minimum absolute atomic E-state index is 0.0291. The highest BCUT2D eigenvalue weighted by molar-refractivity contribution is 5.81. The summed E-state index contributed by atoms with van der Waals surface area (Å²) in [4.78, 5) is 23.5. The molecule has 0 aliphatic carbocycles. The lowest BCUT2D eigenvalue weighted by atomic mass is 9.94. The number of terminal acetylenes is 1. The van der Waals surface area contributed by atoms with Crippen LogP contribution in [0.4, 0.5) is 0 Å². The molecule has 0 aromatic carbocycles. The third kappa shape index (κ3) is 5.22. The molecule has 1 amide bonds. The van der Waals surface area contributed by atoms with Crippen LogP contribution < -0.4 is 10.6 Å². The van der Waals surface area contributed by atoms with Crippen molar-refractivity contribution in [2.24, 2.45) is 5.92 Å². The second-order valence-corrected chi connectivity index (χ2v) is 5.11. The zero-order valence-electron chi connectivity index (χ0n) is 13.1. The van der Waals surface area contributed by atoms with Crippen molar-refractivity contribution in [3.8, 4) is 12.3 Å². The van der Waals surface area contributed by atoms with Gasteiger partial charge in [0.05, 0.1) is 13.7 Å². The van der Waals surface area contributed by atoms with Crippen LogP contribution in [-0.2, 0) is 14.3 Å². The molecule has 0 aromatic rings. The molecule has 0 aromatic heterocycles. The molecule has 0 aliphatic rings. The molecule has 1 atom stereocenters. The van der Waals surface area contributed by atoms with E-state index in [1.807, 2.05) is 27.7 Å². The molecule has 0 bridgehead atoms. The summed E-state index contributed by atoms with van der Waals surface area (Å²) < 4.78 is 4.70. The van der Waals surface area contributed by atoms with Crippen LogP contribution in [0, 0.1) is 18.3 Å². The molecule has 0 saturated carbocycles. The van der Waals surface area contributed by atoms with Gasteiger partial charge in [0.2, 0.25) is 5.91 Å². The van der Waals surface area contributed by atoms with E-state index in [-0.39, 0.29) is 24.3 Å². The number of amides is 1. The van der Waals surface area contributed by atoms with Crippen molar-refractivity contribution in [2.45, 2.75) is 52.1 Å². The Hall–Kier alpha value is -1.54. The fraction of sp³-hybridized carbons (Fsp3) is 0.733. The first-order chi connectivity index (χ1) is 9.35. The van der Waals surface area contributed by atoms with Gasteiger partial charge in [-0.3, -0.25) is 14.9 Å². The largest absolute Gasteiger partial charge is 0.468 e. The van der Waals surface area contributed by atoms with Crippen LogP contribution in [0.5, 0.6) is 0 Å². The summed E-state index contributed by atoms with van der Waals surface area (Å²) in [6.07, 6.45) is 6.82. The third-order valence-electron chi connectivity index (χ3n) is 3.47. The summed E-state index contributed by atoms with van der Waals surface area (Å²) in [6, 6.07) is -0.505. The SMILES string of the molecule is C#CC(CC)(CC)NC(=O)CNC(C(=O)OC)C(C)C. The molecule has 20 heavy (non-hydrogen) atoms. The Morgan fingerprint density at radius 3 is 2.20 bits per heavy atom. The van der Waals surface area contributed by atoms with Gasteiger partial charge in [-0.25, -0.2) is 0 Å². The van der Waals surface area contributed by atoms with Gasteiger partial charge in [-0.1, -0.05) is 33.6 Å². The van der Waals surface area contributed by atoms with Gasteiger partial charge in [-0.2, -0.15) is 0 Å². The summed E-state index contributed by atoms with van der Waals surface area (Å²) in [7, 11) is 1.33. The molecule has 0 spiro atoms. The maximum Gasteiger partial charge on any atom is 0.323 e. The molecule has 5 heteroatoms. The van der Waals surface area contributed by atoms with E-state index < -0.39 is 11.6 Å². The second kappa shape index (κ2) is 8.60. The minimum atomic E-state index is -0.614. The summed E-state index contributed by atoms with van der Waals surface area (Å²) in [6.45, 7) is 7.67. The number of carbonyl (C=O) groups excluding carboxylic acids is 2. The summed E-state index contributed by atoms with van der Waals surface area (Å²) in [5, 5.41) is 5.75. The molecule has 0 aliphatic heterocycles. The molecule has 1 unspecified atom stereocenters.